The van der Waals surface area contributed by atoms with Crippen molar-refractivity contribution in [2.24, 2.45) is 0 Å². The van der Waals surface area contributed by atoms with Crippen LogP contribution < -0.4 is 0 Å². The highest BCUT2D eigenvalue weighted by Crippen LogP contribution is 2.27. The molecule has 1 heterocycles. The van der Waals surface area contributed by atoms with Gasteiger partial charge in [0.15, 0.2) is 0 Å². The van der Waals surface area contributed by atoms with Crippen LogP contribution in [0.25, 0.3) is 0 Å². The molecule has 1 aromatic rings. The molecule has 0 bridgehead atoms. The van der Waals surface area contributed by atoms with Gasteiger partial charge < -0.3 is 5.11 Å². The highest BCUT2D eigenvalue weighted by Gasteiger charge is 2.34. The molecule has 0 saturated carbocycles. The highest BCUT2D eigenvalue weighted by molar-refractivity contribution is 5.75. The molecule has 1 fully saturated rings. The average molecular weight is 276 g/mol. The standard InChI is InChI=1S/C16H24N2O2/c1-3-17(4-2)14-10-11-18(12-14)15(16(19)20)13-8-6-5-7-9-13/h5-9,14-15H,3-4,10-12H2,1-2H3,(H,19,20). The number of nitrogens with zero attached hydrogens (tertiary/aromatic N) is 2. The average Bonchev–Trinajstić information content (AvgIpc) is 2.90. The normalized spacial score (nSPS) is 21.2. The maximum absolute atomic E-state index is 11.6. The third-order valence-electron chi connectivity index (χ3n) is 4.24. The van der Waals surface area contributed by atoms with E-state index in [2.05, 4.69) is 23.6 Å². The molecule has 1 aliphatic heterocycles. The number of hydrogen-bond acceptors (Lipinski definition) is 3. The number of likely N-dealkylation sites (tertiary alicyclic amines) is 1. The Morgan fingerprint density at radius 3 is 2.55 bits per heavy atom. The van der Waals surface area contributed by atoms with E-state index in [0.717, 1.165) is 38.2 Å². The van der Waals surface area contributed by atoms with Crippen LogP contribution in [-0.2, 0) is 4.79 Å². The van der Waals surface area contributed by atoms with Crippen molar-refractivity contribution in [3.8, 4) is 0 Å². The van der Waals surface area contributed by atoms with Crippen LogP contribution in [-0.4, -0.2) is 53.1 Å². The lowest BCUT2D eigenvalue weighted by molar-refractivity contribution is -0.143. The first-order chi connectivity index (χ1) is 9.67. The fourth-order valence-corrected chi connectivity index (χ4v) is 3.19. The molecule has 2 unspecified atom stereocenters. The van der Waals surface area contributed by atoms with Crippen molar-refractivity contribution < 1.29 is 9.90 Å². The summed E-state index contributed by atoms with van der Waals surface area (Å²) >= 11 is 0. The molecule has 20 heavy (non-hydrogen) atoms. The summed E-state index contributed by atoms with van der Waals surface area (Å²) < 4.78 is 0. The number of carbonyl (C=O) groups is 1. The van der Waals surface area contributed by atoms with Crippen molar-refractivity contribution in [2.75, 3.05) is 26.2 Å². The summed E-state index contributed by atoms with van der Waals surface area (Å²) in [5, 5.41) is 9.57. The van der Waals surface area contributed by atoms with Crippen LogP contribution in [0.2, 0.25) is 0 Å². The fraction of sp³-hybridized carbons (Fsp3) is 0.562. The lowest BCUT2D eigenvalue weighted by atomic mass is 10.1. The third kappa shape index (κ3) is 3.19. The fourth-order valence-electron chi connectivity index (χ4n) is 3.19. The molecule has 0 radical (unpaired) electrons. The summed E-state index contributed by atoms with van der Waals surface area (Å²) in [5.74, 6) is -0.753. The topological polar surface area (TPSA) is 43.8 Å². The Morgan fingerprint density at radius 2 is 2.00 bits per heavy atom. The van der Waals surface area contributed by atoms with E-state index in [1.807, 2.05) is 30.3 Å². The van der Waals surface area contributed by atoms with Crippen molar-refractivity contribution in [3.63, 3.8) is 0 Å². The minimum Gasteiger partial charge on any atom is -0.480 e. The van der Waals surface area contributed by atoms with Crippen LogP contribution in [0.4, 0.5) is 0 Å². The summed E-state index contributed by atoms with van der Waals surface area (Å²) in [6.07, 6.45) is 1.05. The Morgan fingerprint density at radius 1 is 1.35 bits per heavy atom. The van der Waals surface area contributed by atoms with Crippen molar-refractivity contribution in [1.29, 1.82) is 0 Å². The van der Waals surface area contributed by atoms with Gasteiger partial charge in [-0.3, -0.25) is 14.6 Å². The second-order valence-corrected chi connectivity index (χ2v) is 5.31. The molecule has 0 amide bonds. The summed E-state index contributed by atoms with van der Waals surface area (Å²) in [6, 6.07) is 9.51. The minimum absolute atomic E-state index is 0.482. The molecule has 0 aromatic heterocycles. The molecule has 110 valence electrons. The van der Waals surface area contributed by atoms with Gasteiger partial charge in [0.25, 0.3) is 0 Å². The molecule has 1 aromatic carbocycles. The second-order valence-electron chi connectivity index (χ2n) is 5.31. The molecule has 0 spiro atoms. The summed E-state index contributed by atoms with van der Waals surface area (Å²) in [7, 11) is 0. The zero-order valence-corrected chi connectivity index (χ0v) is 12.3. The minimum atomic E-state index is -0.753. The second kappa shape index (κ2) is 6.86. The van der Waals surface area contributed by atoms with Crippen molar-refractivity contribution in [2.45, 2.75) is 32.4 Å². The van der Waals surface area contributed by atoms with Gasteiger partial charge in [0.2, 0.25) is 0 Å². The number of rotatable bonds is 6. The number of carboxylic acid groups (broad SMARTS) is 1. The number of aliphatic carboxylic acids is 1. The van der Waals surface area contributed by atoms with E-state index in [-0.39, 0.29) is 0 Å². The first-order valence-electron chi connectivity index (χ1n) is 7.43. The maximum Gasteiger partial charge on any atom is 0.325 e. The number of hydrogen-bond donors (Lipinski definition) is 1. The largest absolute Gasteiger partial charge is 0.480 e. The summed E-state index contributed by atoms with van der Waals surface area (Å²) in [5.41, 5.74) is 0.875. The molecule has 1 N–H and O–H groups in total. The Kier molecular flexibility index (Phi) is 5.15. The van der Waals surface area contributed by atoms with E-state index < -0.39 is 12.0 Å². The van der Waals surface area contributed by atoms with E-state index in [4.69, 9.17) is 0 Å². The quantitative estimate of drug-likeness (QED) is 0.865. The van der Waals surface area contributed by atoms with Crippen LogP contribution >= 0.6 is 0 Å². The van der Waals surface area contributed by atoms with E-state index >= 15 is 0 Å². The molecule has 1 aliphatic rings. The van der Waals surface area contributed by atoms with Gasteiger partial charge in [-0.2, -0.15) is 0 Å². The maximum atomic E-state index is 11.6. The van der Waals surface area contributed by atoms with Crippen molar-refractivity contribution in [3.05, 3.63) is 35.9 Å². The number of benzene rings is 1. The Balaban J connectivity index is 2.11. The summed E-state index contributed by atoms with van der Waals surface area (Å²) in [4.78, 5) is 16.2. The number of likely N-dealkylation sites (N-methyl/N-ethyl adjacent to an activating group) is 1. The zero-order chi connectivity index (χ0) is 14.5. The molecule has 4 heteroatoms. The molecular weight excluding hydrogens is 252 g/mol. The predicted octanol–water partition coefficient (Wildman–Crippen LogP) is 2.23. The van der Waals surface area contributed by atoms with Gasteiger partial charge in [0, 0.05) is 19.1 Å². The first kappa shape index (κ1) is 15.0. The van der Waals surface area contributed by atoms with Gasteiger partial charge in [0.1, 0.15) is 6.04 Å². The van der Waals surface area contributed by atoms with Gasteiger partial charge in [-0.25, -0.2) is 0 Å². The van der Waals surface area contributed by atoms with Gasteiger partial charge >= 0.3 is 5.97 Å². The molecule has 4 nitrogen and oxygen atoms in total. The SMILES string of the molecule is CCN(CC)C1CCN(C(C(=O)O)c2ccccc2)C1. The van der Waals surface area contributed by atoms with Gasteiger partial charge in [-0.15, -0.1) is 0 Å². The van der Waals surface area contributed by atoms with Crippen LogP contribution in [0.15, 0.2) is 30.3 Å². The van der Waals surface area contributed by atoms with Crippen LogP contribution in [0.1, 0.15) is 31.9 Å². The van der Waals surface area contributed by atoms with E-state index in [9.17, 15) is 9.90 Å². The number of carboxylic acids is 1. The van der Waals surface area contributed by atoms with Crippen LogP contribution in [0.3, 0.4) is 0 Å². The lowest BCUT2D eigenvalue weighted by Crippen LogP contribution is -2.39. The van der Waals surface area contributed by atoms with Crippen molar-refractivity contribution >= 4 is 5.97 Å². The monoisotopic (exact) mass is 276 g/mol. The van der Waals surface area contributed by atoms with E-state index in [1.54, 1.807) is 0 Å². The molecule has 2 rings (SSSR count). The molecule has 0 aliphatic carbocycles. The summed E-state index contributed by atoms with van der Waals surface area (Å²) in [6.45, 7) is 8.08. The highest BCUT2D eigenvalue weighted by atomic mass is 16.4. The molecule has 2 atom stereocenters. The Labute approximate surface area is 121 Å². The van der Waals surface area contributed by atoms with E-state index in [0.29, 0.717) is 6.04 Å². The first-order valence-corrected chi connectivity index (χ1v) is 7.43. The van der Waals surface area contributed by atoms with E-state index in [1.165, 1.54) is 0 Å². The van der Waals surface area contributed by atoms with Crippen LogP contribution in [0, 0.1) is 0 Å². The molecule has 1 saturated heterocycles. The van der Waals surface area contributed by atoms with Crippen molar-refractivity contribution in [1.82, 2.24) is 9.80 Å². The smallest absolute Gasteiger partial charge is 0.325 e. The lowest BCUT2D eigenvalue weighted by Gasteiger charge is -2.28. The molecular formula is C16H24N2O2. The Hall–Kier alpha value is -1.39. The van der Waals surface area contributed by atoms with Gasteiger partial charge in [-0.05, 0) is 25.1 Å². The van der Waals surface area contributed by atoms with Crippen LogP contribution in [0.5, 0.6) is 0 Å². The van der Waals surface area contributed by atoms with Gasteiger partial charge in [0.05, 0.1) is 0 Å². The zero-order valence-electron chi connectivity index (χ0n) is 12.3. The van der Waals surface area contributed by atoms with Gasteiger partial charge in [-0.1, -0.05) is 44.2 Å². The third-order valence-corrected chi connectivity index (χ3v) is 4.24. The Bertz CT molecular complexity index is 431. The predicted molar refractivity (Wildman–Crippen MR) is 79.7 cm³/mol.